The molecule has 0 radical (unpaired) electrons. The van der Waals surface area contributed by atoms with Crippen LogP contribution >= 0.6 is 0 Å². The van der Waals surface area contributed by atoms with E-state index in [2.05, 4.69) is 4.74 Å². The summed E-state index contributed by atoms with van der Waals surface area (Å²) in [7, 11) is 0. The molecule has 8 heteroatoms. The highest BCUT2D eigenvalue weighted by Crippen LogP contribution is 2.41. The summed E-state index contributed by atoms with van der Waals surface area (Å²) in [5, 5.41) is 0. The van der Waals surface area contributed by atoms with Crippen molar-refractivity contribution < 1.29 is 36.2 Å². The van der Waals surface area contributed by atoms with Crippen LogP contribution in [0, 0.1) is 11.8 Å². The van der Waals surface area contributed by atoms with Gasteiger partial charge in [-0.05, 0) is 77.8 Å². The Labute approximate surface area is 212 Å². The smallest absolute Gasteiger partial charge is 0.429 e. The van der Waals surface area contributed by atoms with Crippen molar-refractivity contribution >= 4 is 0 Å². The largest absolute Gasteiger partial charge is 0.573 e. The number of halogens is 5. The van der Waals surface area contributed by atoms with E-state index in [-0.39, 0.29) is 17.4 Å². The first-order valence-electron chi connectivity index (χ1n) is 12.4. The molecule has 1 aliphatic carbocycles. The summed E-state index contributed by atoms with van der Waals surface area (Å²) in [6, 6.07) is 17.5. The second-order valence-electron chi connectivity index (χ2n) is 9.69. The van der Waals surface area contributed by atoms with Gasteiger partial charge in [-0.1, -0.05) is 55.7 Å². The van der Waals surface area contributed by atoms with E-state index in [1.54, 1.807) is 12.1 Å². The fraction of sp³-hybridized carbons (Fsp3) is 0.379. The van der Waals surface area contributed by atoms with Crippen molar-refractivity contribution in [2.75, 3.05) is 6.61 Å². The van der Waals surface area contributed by atoms with E-state index < -0.39 is 18.2 Å². The molecule has 3 nitrogen and oxygen atoms in total. The molecule has 3 aromatic rings. The predicted molar refractivity (Wildman–Crippen MR) is 128 cm³/mol. The minimum Gasteiger partial charge on any atom is -0.429 e. The number of hydrogen-bond acceptors (Lipinski definition) is 3. The fourth-order valence-electron chi connectivity index (χ4n) is 4.98. The Morgan fingerprint density at radius 2 is 1.19 bits per heavy atom. The second-order valence-corrected chi connectivity index (χ2v) is 9.69. The Hall–Kier alpha value is -3.13. The Morgan fingerprint density at radius 3 is 1.68 bits per heavy atom. The van der Waals surface area contributed by atoms with Crippen LogP contribution in [0.5, 0.6) is 11.5 Å². The van der Waals surface area contributed by atoms with E-state index in [4.69, 9.17) is 9.47 Å². The third-order valence-corrected chi connectivity index (χ3v) is 7.27. The highest BCUT2D eigenvalue weighted by Gasteiger charge is 2.35. The molecular formula is C29H27F5O3. The number of alkyl halides is 5. The maximum Gasteiger partial charge on any atom is 0.573 e. The van der Waals surface area contributed by atoms with Gasteiger partial charge >= 0.3 is 12.5 Å². The van der Waals surface area contributed by atoms with E-state index in [0.29, 0.717) is 5.92 Å². The average Bonchev–Trinajstić information content (AvgIpc) is 2.84. The van der Waals surface area contributed by atoms with Crippen molar-refractivity contribution in [1.82, 2.24) is 0 Å². The van der Waals surface area contributed by atoms with Gasteiger partial charge in [0.15, 0.2) is 0 Å². The fourth-order valence-corrected chi connectivity index (χ4v) is 4.98. The summed E-state index contributed by atoms with van der Waals surface area (Å²) in [6.07, 6.45) is -2.23. The van der Waals surface area contributed by atoms with Crippen LogP contribution in [0.15, 0.2) is 72.8 Å². The van der Waals surface area contributed by atoms with E-state index in [1.807, 2.05) is 24.3 Å². The van der Waals surface area contributed by atoms with Gasteiger partial charge in [0.25, 0.3) is 0 Å². The van der Waals surface area contributed by atoms with Gasteiger partial charge in [-0.2, -0.15) is 8.78 Å². The van der Waals surface area contributed by atoms with Gasteiger partial charge in [0.05, 0.1) is 18.3 Å². The van der Waals surface area contributed by atoms with Crippen molar-refractivity contribution in [3.8, 4) is 22.6 Å². The van der Waals surface area contributed by atoms with Crippen molar-refractivity contribution in [3.05, 3.63) is 83.9 Å². The summed E-state index contributed by atoms with van der Waals surface area (Å²) in [4.78, 5) is 0. The van der Waals surface area contributed by atoms with Crippen molar-refractivity contribution in [3.63, 3.8) is 0 Å². The highest BCUT2D eigenvalue weighted by molar-refractivity contribution is 5.64. The highest BCUT2D eigenvalue weighted by atomic mass is 19.4. The van der Waals surface area contributed by atoms with Crippen LogP contribution in [0.25, 0.3) is 11.1 Å². The Morgan fingerprint density at radius 1 is 0.622 bits per heavy atom. The van der Waals surface area contributed by atoms with E-state index >= 15 is 0 Å². The zero-order valence-electron chi connectivity index (χ0n) is 20.0. The van der Waals surface area contributed by atoms with Crippen molar-refractivity contribution in [2.45, 2.75) is 50.7 Å². The second kappa shape index (κ2) is 10.3. The lowest BCUT2D eigenvalue weighted by Crippen LogP contribution is -2.30. The molecule has 0 spiro atoms. The van der Waals surface area contributed by atoms with E-state index in [9.17, 15) is 22.0 Å². The van der Waals surface area contributed by atoms with Crippen LogP contribution in [-0.2, 0) is 10.8 Å². The quantitative estimate of drug-likeness (QED) is 0.293. The Bertz CT molecular complexity index is 1160. The van der Waals surface area contributed by atoms with Gasteiger partial charge in [0.1, 0.15) is 11.5 Å². The Kier molecular flexibility index (Phi) is 7.12. The number of rotatable bonds is 7. The summed E-state index contributed by atoms with van der Waals surface area (Å²) in [6.45, 7) is 0.820. The van der Waals surface area contributed by atoms with Crippen molar-refractivity contribution in [2.24, 2.45) is 11.8 Å². The molecule has 37 heavy (non-hydrogen) atoms. The zero-order valence-corrected chi connectivity index (χ0v) is 20.0. The summed E-state index contributed by atoms with van der Waals surface area (Å²) < 4.78 is 80.8. The molecule has 2 unspecified atom stereocenters. The first kappa shape index (κ1) is 25.5. The standard InChI is InChI=1S/C29H27F5O3/c30-28(31,36-25-13-15-26(16-14-25)37-29(32,33)34)24-11-8-21(9-12-24)20-4-6-22(7-5-20)27-17-10-23(18-35-27)19-2-1-3-19/h4-9,11-16,19,23,27H,1-3,10,17-18H2. The molecule has 3 aromatic carbocycles. The lowest BCUT2D eigenvalue weighted by atomic mass is 9.73. The van der Waals surface area contributed by atoms with Crippen LogP contribution in [-0.4, -0.2) is 13.0 Å². The van der Waals surface area contributed by atoms with Crippen LogP contribution < -0.4 is 9.47 Å². The zero-order chi connectivity index (χ0) is 26.0. The van der Waals surface area contributed by atoms with Gasteiger partial charge in [-0.3, -0.25) is 0 Å². The van der Waals surface area contributed by atoms with Crippen molar-refractivity contribution in [1.29, 1.82) is 0 Å². The molecule has 5 rings (SSSR count). The first-order chi connectivity index (χ1) is 17.7. The lowest BCUT2D eigenvalue weighted by Gasteiger charge is -2.38. The van der Waals surface area contributed by atoms with Crippen LogP contribution in [0.1, 0.15) is 49.3 Å². The van der Waals surface area contributed by atoms with Gasteiger partial charge in [-0.25, -0.2) is 0 Å². The van der Waals surface area contributed by atoms with Gasteiger partial charge < -0.3 is 14.2 Å². The SMILES string of the molecule is FC(F)(F)Oc1ccc(OC(F)(F)c2ccc(-c3ccc(C4CCC(C5CCC5)CO4)cc3)cc2)cc1. The maximum absolute atomic E-state index is 14.7. The summed E-state index contributed by atoms with van der Waals surface area (Å²) in [5.74, 6) is 0.713. The molecular weight excluding hydrogens is 491 g/mol. The predicted octanol–water partition coefficient (Wildman–Crippen LogP) is 8.65. The maximum atomic E-state index is 14.7. The van der Waals surface area contributed by atoms with E-state index in [0.717, 1.165) is 59.9 Å². The summed E-state index contributed by atoms with van der Waals surface area (Å²) in [5.41, 5.74) is 2.41. The monoisotopic (exact) mass is 518 g/mol. The normalized spacial score (nSPS) is 20.8. The molecule has 2 aliphatic rings. The topological polar surface area (TPSA) is 27.7 Å². The number of benzene rings is 3. The first-order valence-corrected chi connectivity index (χ1v) is 12.4. The van der Waals surface area contributed by atoms with Crippen LogP contribution in [0.2, 0.25) is 0 Å². The van der Waals surface area contributed by atoms with Crippen LogP contribution in [0.4, 0.5) is 22.0 Å². The van der Waals surface area contributed by atoms with Gasteiger partial charge in [0, 0.05) is 0 Å². The molecule has 1 heterocycles. The van der Waals surface area contributed by atoms with Gasteiger partial charge in [0.2, 0.25) is 0 Å². The molecule has 0 aromatic heterocycles. The minimum absolute atomic E-state index is 0.0951. The van der Waals surface area contributed by atoms with E-state index in [1.165, 1.54) is 37.8 Å². The molecule has 196 valence electrons. The molecule has 0 amide bonds. The molecule has 0 N–H and O–H groups in total. The lowest BCUT2D eigenvalue weighted by molar-refractivity contribution is -0.274. The molecule has 1 saturated carbocycles. The third-order valence-electron chi connectivity index (χ3n) is 7.27. The Balaban J connectivity index is 1.19. The third kappa shape index (κ3) is 6.24. The molecule has 2 fully saturated rings. The number of hydrogen-bond donors (Lipinski definition) is 0. The van der Waals surface area contributed by atoms with Gasteiger partial charge in [-0.15, -0.1) is 13.2 Å². The number of ether oxygens (including phenoxy) is 3. The molecule has 1 saturated heterocycles. The average molecular weight is 519 g/mol. The molecule has 2 atom stereocenters. The summed E-state index contributed by atoms with van der Waals surface area (Å²) >= 11 is 0. The van der Waals surface area contributed by atoms with Crippen LogP contribution in [0.3, 0.4) is 0 Å². The minimum atomic E-state index is -4.86. The molecule has 1 aliphatic heterocycles. The molecule has 0 bridgehead atoms.